The van der Waals surface area contributed by atoms with Crippen LogP contribution in [0.3, 0.4) is 0 Å². The molecule has 1 aromatic heterocycles. The monoisotopic (exact) mass is 326 g/mol. The summed E-state index contributed by atoms with van der Waals surface area (Å²) in [4.78, 5) is 13.7. The molecule has 0 saturated heterocycles. The van der Waals surface area contributed by atoms with Gasteiger partial charge in [-0.25, -0.2) is 0 Å². The molecule has 1 atom stereocenters. The Hall–Kier alpha value is -2.21. The standard InChI is InChI=1S/C18H22N4O2/c1-12-19-20-17-11-21(16(18(23)24)10-22(12)17)9-13-6-7-14-4-2-3-5-15(14)8-13/h6-8,16H,2-5,9-11H2,1H3,(H,23,24). The molecule has 0 amide bonds. The minimum atomic E-state index is -0.785. The zero-order valence-electron chi connectivity index (χ0n) is 13.9. The number of nitrogens with zero attached hydrogens (tertiary/aromatic N) is 4. The van der Waals surface area contributed by atoms with E-state index in [1.807, 2.05) is 16.4 Å². The number of hydrogen-bond acceptors (Lipinski definition) is 4. The lowest BCUT2D eigenvalue weighted by Crippen LogP contribution is -2.47. The summed E-state index contributed by atoms with van der Waals surface area (Å²) in [6, 6.07) is 6.09. The number of aromatic nitrogens is 3. The third-order valence-corrected chi connectivity index (χ3v) is 5.24. The number of carbonyl (C=O) groups is 1. The highest BCUT2D eigenvalue weighted by molar-refractivity contribution is 5.73. The van der Waals surface area contributed by atoms with Crippen molar-refractivity contribution < 1.29 is 9.90 Å². The molecule has 2 heterocycles. The molecule has 0 radical (unpaired) electrons. The van der Waals surface area contributed by atoms with Gasteiger partial charge in [-0.3, -0.25) is 9.69 Å². The number of carboxylic acid groups (broad SMARTS) is 1. The van der Waals surface area contributed by atoms with Gasteiger partial charge in [0.15, 0.2) is 0 Å². The van der Waals surface area contributed by atoms with Gasteiger partial charge in [-0.05, 0) is 49.3 Å². The maximum Gasteiger partial charge on any atom is 0.322 e. The zero-order chi connectivity index (χ0) is 16.7. The van der Waals surface area contributed by atoms with Gasteiger partial charge in [0.2, 0.25) is 0 Å². The fourth-order valence-electron chi connectivity index (χ4n) is 3.88. The van der Waals surface area contributed by atoms with E-state index >= 15 is 0 Å². The summed E-state index contributed by atoms with van der Waals surface area (Å²) in [5, 5.41) is 17.9. The van der Waals surface area contributed by atoms with Crippen molar-refractivity contribution in [3.05, 3.63) is 46.5 Å². The van der Waals surface area contributed by atoms with Crippen LogP contribution in [-0.4, -0.2) is 36.8 Å². The normalized spacial score (nSPS) is 20.5. The van der Waals surface area contributed by atoms with Gasteiger partial charge in [0.25, 0.3) is 0 Å². The van der Waals surface area contributed by atoms with Gasteiger partial charge >= 0.3 is 5.97 Å². The van der Waals surface area contributed by atoms with Crippen LogP contribution < -0.4 is 0 Å². The molecular weight excluding hydrogens is 304 g/mol. The van der Waals surface area contributed by atoms with E-state index in [2.05, 4.69) is 28.4 Å². The zero-order valence-corrected chi connectivity index (χ0v) is 13.9. The van der Waals surface area contributed by atoms with Crippen molar-refractivity contribution in [2.24, 2.45) is 0 Å². The van der Waals surface area contributed by atoms with Gasteiger partial charge in [0, 0.05) is 6.54 Å². The smallest absolute Gasteiger partial charge is 0.322 e. The molecule has 0 fully saturated rings. The lowest BCUT2D eigenvalue weighted by molar-refractivity contribution is -0.145. The molecule has 1 aliphatic heterocycles. The molecule has 2 aromatic rings. The van der Waals surface area contributed by atoms with Crippen molar-refractivity contribution in [3.8, 4) is 0 Å². The average Bonchev–Trinajstić information content (AvgIpc) is 2.94. The van der Waals surface area contributed by atoms with Crippen LogP contribution in [0.1, 0.15) is 41.2 Å². The molecule has 4 rings (SSSR count). The maximum absolute atomic E-state index is 11.7. The second kappa shape index (κ2) is 6.02. The van der Waals surface area contributed by atoms with Crippen LogP contribution in [-0.2, 0) is 37.3 Å². The Bertz CT molecular complexity index is 783. The number of fused-ring (bicyclic) bond motifs is 2. The number of aryl methyl sites for hydroxylation is 3. The van der Waals surface area contributed by atoms with Crippen LogP contribution in [0.4, 0.5) is 0 Å². The van der Waals surface area contributed by atoms with Crippen molar-refractivity contribution in [3.63, 3.8) is 0 Å². The molecule has 126 valence electrons. The van der Waals surface area contributed by atoms with Gasteiger partial charge in [-0.2, -0.15) is 0 Å². The highest BCUT2D eigenvalue weighted by Crippen LogP contribution is 2.25. The predicted molar refractivity (Wildman–Crippen MR) is 88.5 cm³/mol. The summed E-state index contributed by atoms with van der Waals surface area (Å²) in [5.41, 5.74) is 4.07. The lowest BCUT2D eigenvalue weighted by atomic mass is 9.90. The summed E-state index contributed by atoms with van der Waals surface area (Å²) >= 11 is 0. The Morgan fingerprint density at radius 1 is 1.25 bits per heavy atom. The Morgan fingerprint density at radius 2 is 2.04 bits per heavy atom. The van der Waals surface area contributed by atoms with Crippen molar-refractivity contribution in [2.45, 2.75) is 58.3 Å². The quantitative estimate of drug-likeness (QED) is 0.933. The minimum Gasteiger partial charge on any atom is -0.480 e. The Balaban J connectivity index is 1.59. The summed E-state index contributed by atoms with van der Waals surface area (Å²) < 4.78 is 1.92. The minimum absolute atomic E-state index is 0.411. The summed E-state index contributed by atoms with van der Waals surface area (Å²) in [6.07, 6.45) is 4.83. The molecule has 0 saturated carbocycles. The van der Waals surface area contributed by atoms with Crippen LogP contribution in [0, 0.1) is 6.92 Å². The SMILES string of the molecule is Cc1nnc2n1CC(C(=O)O)N(Cc1ccc3c(c1)CCCC3)C2. The van der Waals surface area contributed by atoms with Gasteiger partial charge in [0.05, 0.1) is 13.1 Å². The third-order valence-electron chi connectivity index (χ3n) is 5.24. The molecule has 24 heavy (non-hydrogen) atoms. The van der Waals surface area contributed by atoms with Crippen LogP contribution in [0.5, 0.6) is 0 Å². The number of benzene rings is 1. The Labute approximate surface area is 141 Å². The lowest BCUT2D eigenvalue weighted by Gasteiger charge is -2.33. The first-order valence-corrected chi connectivity index (χ1v) is 8.58. The second-order valence-corrected chi connectivity index (χ2v) is 6.84. The van der Waals surface area contributed by atoms with Crippen LogP contribution in [0.25, 0.3) is 0 Å². The van der Waals surface area contributed by atoms with E-state index < -0.39 is 12.0 Å². The Kier molecular flexibility index (Phi) is 3.84. The molecule has 1 aliphatic carbocycles. The first kappa shape index (κ1) is 15.3. The highest BCUT2D eigenvalue weighted by atomic mass is 16.4. The molecule has 1 unspecified atom stereocenters. The van der Waals surface area contributed by atoms with Crippen molar-refractivity contribution in [1.82, 2.24) is 19.7 Å². The molecule has 1 N–H and O–H groups in total. The number of aliphatic carboxylic acids is 1. The average molecular weight is 326 g/mol. The Morgan fingerprint density at radius 3 is 2.83 bits per heavy atom. The molecule has 0 bridgehead atoms. The predicted octanol–water partition coefficient (Wildman–Crippen LogP) is 1.93. The largest absolute Gasteiger partial charge is 0.480 e. The highest BCUT2D eigenvalue weighted by Gasteiger charge is 2.33. The number of rotatable bonds is 3. The molecule has 1 aromatic carbocycles. The number of carboxylic acids is 1. The van der Waals surface area contributed by atoms with E-state index in [0.717, 1.165) is 18.1 Å². The number of hydrogen-bond donors (Lipinski definition) is 1. The molecule has 6 heteroatoms. The summed E-state index contributed by atoms with van der Waals surface area (Å²) in [7, 11) is 0. The molecule has 0 spiro atoms. The van der Waals surface area contributed by atoms with E-state index in [-0.39, 0.29) is 0 Å². The van der Waals surface area contributed by atoms with Crippen LogP contribution in [0.2, 0.25) is 0 Å². The van der Waals surface area contributed by atoms with E-state index in [1.165, 1.54) is 36.0 Å². The van der Waals surface area contributed by atoms with E-state index in [1.54, 1.807) is 0 Å². The van der Waals surface area contributed by atoms with Crippen molar-refractivity contribution in [1.29, 1.82) is 0 Å². The third kappa shape index (κ3) is 2.71. The first-order valence-electron chi connectivity index (χ1n) is 8.58. The molecular formula is C18H22N4O2. The molecule has 2 aliphatic rings. The van der Waals surface area contributed by atoms with Crippen molar-refractivity contribution in [2.75, 3.05) is 0 Å². The first-order chi connectivity index (χ1) is 11.6. The van der Waals surface area contributed by atoms with E-state index in [9.17, 15) is 9.90 Å². The van der Waals surface area contributed by atoms with Gasteiger partial charge in [0.1, 0.15) is 17.7 Å². The maximum atomic E-state index is 11.7. The fraction of sp³-hybridized carbons (Fsp3) is 0.500. The van der Waals surface area contributed by atoms with E-state index in [4.69, 9.17) is 0 Å². The van der Waals surface area contributed by atoms with Crippen LogP contribution in [0.15, 0.2) is 18.2 Å². The fourth-order valence-corrected chi connectivity index (χ4v) is 3.88. The van der Waals surface area contributed by atoms with Crippen molar-refractivity contribution >= 4 is 5.97 Å². The van der Waals surface area contributed by atoms with Gasteiger partial charge in [-0.1, -0.05) is 18.2 Å². The second-order valence-electron chi connectivity index (χ2n) is 6.84. The van der Waals surface area contributed by atoms with Gasteiger partial charge < -0.3 is 9.67 Å². The summed E-state index contributed by atoms with van der Waals surface area (Å²) in [5.74, 6) is 0.847. The molecule has 6 nitrogen and oxygen atoms in total. The van der Waals surface area contributed by atoms with Gasteiger partial charge in [-0.15, -0.1) is 10.2 Å². The van der Waals surface area contributed by atoms with Crippen LogP contribution >= 0.6 is 0 Å². The summed E-state index contributed by atoms with van der Waals surface area (Å²) in [6.45, 7) is 3.44. The van der Waals surface area contributed by atoms with E-state index in [0.29, 0.717) is 19.6 Å². The topological polar surface area (TPSA) is 71.2 Å².